The van der Waals surface area contributed by atoms with Gasteiger partial charge in [-0.2, -0.15) is 10.4 Å². The molecule has 1 aromatic carbocycles. The van der Waals surface area contributed by atoms with Crippen LogP contribution in [-0.4, -0.2) is 16.7 Å². The van der Waals surface area contributed by atoms with Gasteiger partial charge in [-0.05, 0) is 23.6 Å². The van der Waals surface area contributed by atoms with Crippen molar-refractivity contribution in [2.24, 2.45) is 0 Å². The fourth-order valence-electron chi connectivity index (χ4n) is 2.09. The van der Waals surface area contributed by atoms with Crippen LogP contribution in [-0.2, 0) is 0 Å². The zero-order valence-corrected chi connectivity index (χ0v) is 9.21. The van der Waals surface area contributed by atoms with E-state index in [0.717, 1.165) is 22.0 Å². The molecule has 0 unspecified atom stereocenters. The molecule has 0 aliphatic rings. The number of hydrogen-bond acceptors (Lipinski definition) is 3. The van der Waals surface area contributed by atoms with Gasteiger partial charge in [-0.3, -0.25) is 0 Å². The predicted octanol–water partition coefficient (Wildman–Crippen LogP) is 2.37. The van der Waals surface area contributed by atoms with Crippen molar-refractivity contribution in [3.63, 3.8) is 0 Å². The van der Waals surface area contributed by atoms with E-state index in [0.29, 0.717) is 5.69 Å². The number of nitrogens with zero attached hydrogens (tertiary/aromatic N) is 3. The first kappa shape index (κ1) is 9.67. The number of benzene rings is 1. The molecule has 17 heavy (non-hydrogen) atoms. The first-order valence-corrected chi connectivity index (χ1v) is 5.18. The summed E-state index contributed by atoms with van der Waals surface area (Å²) in [4.78, 5) is 0. The molecule has 0 atom stereocenters. The Morgan fingerprint density at radius 1 is 1.35 bits per heavy atom. The topological polar surface area (TPSA) is 50.3 Å². The van der Waals surface area contributed by atoms with Gasteiger partial charge in [-0.1, -0.05) is 12.1 Å². The van der Waals surface area contributed by atoms with E-state index in [4.69, 9.17) is 10.00 Å². The molecule has 0 aliphatic carbocycles. The maximum Gasteiger partial charge on any atom is 0.143 e. The molecule has 0 saturated carbocycles. The summed E-state index contributed by atoms with van der Waals surface area (Å²) in [5, 5.41) is 15.2. The van der Waals surface area contributed by atoms with Gasteiger partial charge in [-0.15, -0.1) is 0 Å². The third-order valence-electron chi connectivity index (χ3n) is 2.81. The number of methoxy groups -OCH3 is 1. The largest absolute Gasteiger partial charge is 0.496 e. The third-order valence-corrected chi connectivity index (χ3v) is 2.81. The van der Waals surface area contributed by atoms with E-state index in [-0.39, 0.29) is 0 Å². The second-order valence-corrected chi connectivity index (χ2v) is 3.69. The van der Waals surface area contributed by atoms with Gasteiger partial charge in [0, 0.05) is 5.39 Å². The maximum absolute atomic E-state index is 9.10. The Labute approximate surface area is 97.7 Å². The van der Waals surface area contributed by atoms with E-state index >= 15 is 0 Å². The molecule has 3 aromatic rings. The second-order valence-electron chi connectivity index (χ2n) is 3.69. The number of pyridine rings is 1. The molecule has 0 saturated heterocycles. The standard InChI is InChI=1S/C13H9N3O/c1-17-12-4-2-3-9-7-10(8-14)16-11(13(9)12)5-6-15-16/h2-7H,1H3. The summed E-state index contributed by atoms with van der Waals surface area (Å²) in [6, 6.07) is 11.6. The Hall–Kier alpha value is -2.54. The van der Waals surface area contributed by atoms with Crippen LogP contribution in [0.25, 0.3) is 16.3 Å². The van der Waals surface area contributed by atoms with Gasteiger partial charge >= 0.3 is 0 Å². The summed E-state index contributed by atoms with van der Waals surface area (Å²) < 4.78 is 6.98. The number of nitriles is 1. The Balaban J connectivity index is 2.60. The van der Waals surface area contributed by atoms with E-state index in [1.165, 1.54) is 0 Å². The first-order valence-electron chi connectivity index (χ1n) is 5.18. The molecule has 2 aromatic heterocycles. The summed E-state index contributed by atoms with van der Waals surface area (Å²) in [6.07, 6.45) is 1.68. The smallest absolute Gasteiger partial charge is 0.143 e. The van der Waals surface area contributed by atoms with Crippen molar-refractivity contribution in [2.45, 2.75) is 0 Å². The number of fused-ring (bicyclic) bond motifs is 3. The molecule has 2 heterocycles. The van der Waals surface area contributed by atoms with Crippen LogP contribution >= 0.6 is 0 Å². The van der Waals surface area contributed by atoms with Crippen LogP contribution in [0.4, 0.5) is 0 Å². The molecule has 4 heteroatoms. The maximum atomic E-state index is 9.10. The van der Waals surface area contributed by atoms with Crippen molar-refractivity contribution in [1.29, 1.82) is 5.26 Å². The highest BCUT2D eigenvalue weighted by molar-refractivity contribution is 6.01. The Kier molecular flexibility index (Phi) is 1.99. The van der Waals surface area contributed by atoms with Crippen LogP contribution in [0, 0.1) is 11.3 Å². The average Bonchev–Trinajstić information content (AvgIpc) is 2.86. The zero-order chi connectivity index (χ0) is 11.8. The van der Waals surface area contributed by atoms with Crippen LogP contribution in [0.5, 0.6) is 5.75 Å². The summed E-state index contributed by atoms with van der Waals surface area (Å²) in [5.74, 6) is 0.789. The summed E-state index contributed by atoms with van der Waals surface area (Å²) in [6.45, 7) is 0. The fourth-order valence-corrected chi connectivity index (χ4v) is 2.09. The van der Waals surface area contributed by atoms with Gasteiger partial charge in [0.2, 0.25) is 0 Å². The molecule has 0 fully saturated rings. The van der Waals surface area contributed by atoms with Gasteiger partial charge in [0.25, 0.3) is 0 Å². The Bertz CT molecular complexity index is 752. The van der Waals surface area contributed by atoms with E-state index in [2.05, 4.69) is 11.2 Å². The van der Waals surface area contributed by atoms with Crippen molar-refractivity contribution < 1.29 is 4.74 Å². The van der Waals surface area contributed by atoms with Crippen molar-refractivity contribution in [3.05, 3.63) is 42.2 Å². The van der Waals surface area contributed by atoms with Crippen LogP contribution in [0.1, 0.15) is 5.69 Å². The van der Waals surface area contributed by atoms with E-state index < -0.39 is 0 Å². The first-order chi connectivity index (χ1) is 8.35. The normalized spacial score (nSPS) is 10.6. The molecule has 4 nitrogen and oxygen atoms in total. The van der Waals surface area contributed by atoms with Gasteiger partial charge < -0.3 is 4.74 Å². The number of aromatic nitrogens is 2. The van der Waals surface area contributed by atoms with Gasteiger partial charge in [0.15, 0.2) is 0 Å². The van der Waals surface area contributed by atoms with Crippen LogP contribution in [0.15, 0.2) is 36.5 Å². The highest BCUT2D eigenvalue weighted by atomic mass is 16.5. The molecule has 82 valence electrons. The minimum atomic E-state index is 0.519. The van der Waals surface area contributed by atoms with Gasteiger partial charge in [0.05, 0.1) is 18.8 Å². The zero-order valence-electron chi connectivity index (χ0n) is 9.21. The molecule has 0 aliphatic heterocycles. The molecule has 0 amide bonds. The van der Waals surface area contributed by atoms with Crippen molar-refractivity contribution in [1.82, 2.24) is 9.61 Å². The van der Waals surface area contributed by atoms with Crippen molar-refractivity contribution in [3.8, 4) is 11.8 Å². The monoisotopic (exact) mass is 223 g/mol. The second kappa shape index (κ2) is 3.49. The predicted molar refractivity (Wildman–Crippen MR) is 64.0 cm³/mol. The lowest BCUT2D eigenvalue weighted by molar-refractivity contribution is 0.420. The SMILES string of the molecule is COc1cccc2cc(C#N)n3nccc3c12. The molecular formula is C13H9N3O. The quantitative estimate of drug-likeness (QED) is 0.636. The number of hydrogen-bond donors (Lipinski definition) is 0. The lowest BCUT2D eigenvalue weighted by Gasteiger charge is -2.07. The number of rotatable bonds is 1. The molecule has 0 radical (unpaired) electrons. The average molecular weight is 223 g/mol. The highest BCUT2D eigenvalue weighted by Crippen LogP contribution is 2.30. The van der Waals surface area contributed by atoms with E-state index in [1.54, 1.807) is 17.8 Å². The van der Waals surface area contributed by atoms with E-state index in [1.807, 2.05) is 30.3 Å². The third kappa shape index (κ3) is 1.26. The number of ether oxygens (including phenoxy) is 1. The Morgan fingerprint density at radius 2 is 2.24 bits per heavy atom. The minimum absolute atomic E-state index is 0.519. The van der Waals surface area contributed by atoms with Crippen molar-refractivity contribution in [2.75, 3.05) is 7.11 Å². The minimum Gasteiger partial charge on any atom is -0.496 e. The molecule has 0 bridgehead atoms. The molecule has 0 spiro atoms. The lowest BCUT2D eigenvalue weighted by atomic mass is 10.1. The Morgan fingerprint density at radius 3 is 3.00 bits per heavy atom. The fraction of sp³-hybridized carbons (Fsp3) is 0.0769. The van der Waals surface area contributed by atoms with Crippen LogP contribution in [0.3, 0.4) is 0 Å². The highest BCUT2D eigenvalue weighted by Gasteiger charge is 2.10. The van der Waals surface area contributed by atoms with Crippen LogP contribution < -0.4 is 4.74 Å². The van der Waals surface area contributed by atoms with Gasteiger partial charge in [0.1, 0.15) is 17.5 Å². The van der Waals surface area contributed by atoms with Crippen molar-refractivity contribution >= 4 is 16.3 Å². The van der Waals surface area contributed by atoms with Gasteiger partial charge in [-0.25, -0.2) is 4.52 Å². The molecular weight excluding hydrogens is 214 g/mol. The summed E-state index contributed by atoms with van der Waals surface area (Å²) >= 11 is 0. The lowest BCUT2D eigenvalue weighted by Crippen LogP contribution is -1.96. The van der Waals surface area contributed by atoms with Crippen LogP contribution in [0.2, 0.25) is 0 Å². The summed E-state index contributed by atoms with van der Waals surface area (Å²) in [5.41, 5.74) is 1.40. The van der Waals surface area contributed by atoms with E-state index in [9.17, 15) is 0 Å². The molecule has 0 N–H and O–H groups in total. The molecule has 3 rings (SSSR count). The summed E-state index contributed by atoms with van der Waals surface area (Å²) in [7, 11) is 1.64.